The van der Waals surface area contributed by atoms with Crippen molar-refractivity contribution in [1.29, 1.82) is 0 Å². The van der Waals surface area contributed by atoms with Gasteiger partial charge in [0.05, 0.1) is 17.7 Å². The first-order valence-electron chi connectivity index (χ1n) is 5.37. The lowest BCUT2D eigenvalue weighted by molar-refractivity contribution is -0.115. The molecule has 0 aliphatic carbocycles. The molecule has 0 aliphatic heterocycles. The van der Waals surface area contributed by atoms with Crippen LogP contribution < -0.4 is 5.32 Å². The molecule has 0 spiro atoms. The molecule has 1 amide bonds. The van der Waals surface area contributed by atoms with Gasteiger partial charge in [0.2, 0.25) is 5.91 Å². The molecule has 0 radical (unpaired) electrons. The first kappa shape index (κ1) is 12.7. The number of hydrogen-bond donors (Lipinski definition) is 3. The summed E-state index contributed by atoms with van der Waals surface area (Å²) < 4.78 is 13.1. The number of carboxylic acid groups (broad SMARTS) is 1. The van der Waals surface area contributed by atoms with E-state index < -0.39 is 17.7 Å². The predicted octanol–water partition coefficient (Wildman–Crippen LogP) is 1.43. The molecule has 6 nitrogen and oxygen atoms in total. The van der Waals surface area contributed by atoms with Crippen LogP contribution in [0.2, 0.25) is 0 Å². The molecule has 0 aliphatic rings. The second-order valence-corrected chi connectivity index (χ2v) is 3.80. The Morgan fingerprint density at radius 3 is 2.79 bits per heavy atom. The van der Waals surface area contributed by atoms with E-state index in [-0.39, 0.29) is 17.7 Å². The van der Waals surface area contributed by atoms with Crippen molar-refractivity contribution in [3.63, 3.8) is 0 Å². The fourth-order valence-electron chi connectivity index (χ4n) is 1.56. The van der Waals surface area contributed by atoms with E-state index in [1.165, 1.54) is 6.20 Å². The van der Waals surface area contributed by atoms with Gasteiger partial charge in [0.1, 0.15) is 5.82 Å². The van der Waals surface area contributed by atoms with Crippen molar-refractivity contribution in [2.45, 2.75) is 6.42 Å². The number of aromatic amines is 1. The molecule has 0 saturated heterocycles. The Morgan fingerprint density at radius 1 is 1.37 bits per heavy atom. The number of hydrogen-bond acceptors (Lipinski definition) is 3. The highest BCUT2D eigenvalue weighted by molar-refractivity contribution is 6.00. The smallest absolute Gasteiger partial charge is 0.337 e. The average Bonchev–Trinajstić information content (AvgIpc) is 2.81. The van der Waals surface area contributed by atoms with Gasteiger partial charge in [0, 0.05) is 11.9 Å². The van der Waals surface area contributed by atoms with E-state index in [4.69, 9.17) is 5.11 Å². The zero-order chi connectivity index (χ0) is 13.8. The molecular weight excluding hydrogens is 253 g/mol. The number of carbonyl (C=O) groups excluding carboxylic acids is 1. The summed E-state index contributed by atoms with van der Waals surface area (Å²) in [5.41, 5.74) is 0.335. The monoisotopic (exact) mass is 263 g/mol. The number of aromatic carboxylic acids is 1. The van der Waals surface area contributed by atoms with E-state index in [0.29, 0.717) is 5.69 Å². The highest BCUT2D eigenvalue weighted by Crippen LogP contribution is 2.17. The Hall–Kier alpha value is -2.70. The number of aromatic nitrogens is 2. The molecule has 98 valence electrons. The van der Waals surface area contributed by atoms with Crippen molar-refractivity contribution < 1.29 is 19.1 Å². The van der Waals surface area contributed by atoms with E-state index in [1.807, 2.05) is 0 Å². The lowest BCUT2D eigenvalue weighted by Crippen LogP contribution is -2.17. The molecule has 2 aromatic rings. The van der Waals surface area contributed by atoms with Crippen LogP contribution in [-0.2, 0) is 11.2 Å². The number of H-pyrrole nitrogens is 1. The van der Waals surface area contributed by atoms with E-state index in [1.54, 1.807) is 6.07 Å². The van der Waals surface area contributed by atoms with Crippen LogP contribution in [0.3, 0.4) is 0 Å². The highest BCUT2D eigenvalue weighted by atomic mass is 19.1. The maximum atomic E-state index is 13.1. The topological polar surface area (TPSA) is 95.1 Å². The zero-order valence-corrected chi connectivity index (χ0v) is 9.68. The number of nitrogens with one attached hydrogen (secondary N) is 2. The van der Waals surface area contributed by atoms with Crippen LogP contribution in [0.5, 0.6) is 0 Å². The van der Waals surface area contributed by atoms with Crippen molar-refractivity contribution >= 4 is 17.6 Å². The first-order chi connectivity index (χ1) is 9.06. The molecule has 3 N–H and O–H groups in total. The molecule has 1 aromatic heterocycles. The molecular formula is C12H10FN3O3. The van der Waals surface area contributed by atoms with Crippen LogP contribution in [0.4, 0.5) is 10.1 Å². The molecule has 0 unspecified atom stereocenters. The van der Waals surface area contributed by atoms with Gasteiger partial charge in [0.25, 0.3) is 0 Å². The van der Waals surface area contributed by atoms with Gasteiger partial charge in [0.15, 0.2) is 0 Å². The van der Waals surface area contributed by atoms with Crippen molar-refractivity contribution in [1.82, 2.24) is 10.2 Å². The van der Waals surface area contributed by atoms with Gasteiger partial charge in [-0.25, -0.2) is 9.18 Å². The quantitative estimate of drug-likeness (QED) is 0.777. The molecule has 0 saturated carbocycles. The SMILES string of the molecule is O=C(Cc1ccn[nH]1)Nc1cc(F)ccc1C(=O)O. The summed E-state index contributed by atoms with van der Waals surface area (Å²) in [6.07, 6.45) is 1.49. The lowest BCUT2D eigenvalue weighted by atomic mass is 10.1. The second kappa shape index (κ2) is 5.30. The Kier molecular flexibility index (Phi) is 3.56. The second-order valence-electron chi connectivity index (χ2n) is 3.80. The number of nitrogens with zero attached hydrogens (tertiary/aromatic N) is 1. The fourth-order valence-corrected chi connectivity index (χ4v) is 1.56. The highest BCUT2D eigenvalue weighted by Gasteiger charge is 2.14. The number of halogens is 1. The minimum atomic E-state index is -1.24. The Bertz CT molecular complexity index is 611. The van der Waals surface area contributed by atoms with Crippen molar-refractivity contribution in [2.75, 3.05) is 5.32 Å². The summed E-state index contributed by atoms with van der Waals surface area (Å²) >= 11 is 0. The standard InChI is InChI=1S/C12H10FN3O3/c13-7-1-2-9(12(18)19)10(5-7)15-11(17)6-8-3-4-14-16-8/h1-5H,6H2,(H,14,16)(H,15,17)(H,18,19). The molecule has 2 rings (SSSR count). The summed E-state index contributed by atoms with van der Waals surface area (Å²) in [5.74, 6) is -2.32. The van der Waals surface area contributed by atoms with Gasteiger partial charge in [-0.15, -0.1) is 0 Å². The number of carboxylic acids is 1. The average molecular weight is 263 g/mol. The molecule has 1 heterocycles. The normalized spacial score (nSPS) is 10.2. The zero-order valence-electron chi connectivity index (χ0n) is 9.68. The maximum absolute atomic E-state index is 13.1. The fraction of sp³-hybridized carbons (Fsp3) is 0.0833. The minimum absolute atomic E-state index is 0.00439. The van der Waals surface area contributed by atoms with Gasteiger partial charge in [-0.1, -0.05) is 0 Å². The molecule has 0 atom stereocenters. The Labute approximate surface area is 107 Å². The molecule has 0 fully saturated rings. The third-order valence-electron chi connectivity index (χ3n) is 2.40. The van der Waals surface area contributed by atoms with Gasteiger partial charge in [-0.3, -0.25) is 9.89 Å². The summed E-state index contributed by atoms with van der Waals surface area (Å²) in [5, 5.41) is 17.6. The van der Waals surface area contributed by atoms with Gasteiger partial charge < -0.3 is 10.4 Å². The van der Waals surface area contributed by atoms with Gasteiger partial charge >= 0.3 is 5.97 Å². The van der Waals surface area contributed by atoms with Crippen molar-refractivity contribution in [3.8, 4) is 0 Å². The van der Waals surface area contributed by atoms with Crippen LogP contribution in [0.1, 0.15) is 16.1 Å². The van der Waals surface area contributed by atoms with Crippen LogP contribution in [0, 0.1) is 5.82 Å². The third kappa shape index (κ3) is 3.15. The van der Waals surface area contributed by atoms with Gasteiger partial charge in [-0.2, -0.15) is 5.10 Å². The minimum Gasteiger partial charge on any atom is -0.478 e. The molecule has 19 heavy (non-hydrogen) atoms. The maximum Gasteiger partial charge on any atom is 0.337 e. The molecule has 7 heteroatoms. The van der Waals surface area contributed by atoms with E-state index >= 15 is 0 Å². The van der Waals surface area contributed by atoms with E-state index in [9.17, 15) is 14.0 Å². The van der Waals surface area contributed by atoms with Crippen LogP contribution in [0.25, 0.3) is 0 Å². The third-order valence-corrected chi connectivity index (χ3v) is 2.40. The number of amides is 1. The van der Waals surface area contributed by atoms with Crippen molar-refractivity contribution in [3.05, 3.63) is 47.5 Å². The summed E-state index contributed by atoms with van der Waals surface area (Å²) in [7, 11) is 0. The van der Waals surface area contributed by atoms with Crippen LogP contribution in [0.15, 0.2) is 30.5 Å². The Balaban J connectivity index is 2.16. The first-order valence-corrected chi connectivity index (χ1v) is 5.37. The predicted molar refractivity (Wildman–Crippen MR) is 64.3 cm³/mol. The lowest BCUT2D eigenvalue weighted by Gasteiger charge is -2.08. The van der Waals surface area contributed by atoms with Gasteiger partial charge in [-0.05, 0) is 24.3 Å². The Morgan fingerprint density at radius 2 is 2.16 bits per heavy atom. The van der Waals surface area contributed by atoms with E-state index in [0.717, 1.165) is 18.2 Å². The number of anilines is 1. The number of carbonyl (C=O) groups is 2. The summed E-state index contributed by atoms with van der Waals surface area (Å²) in [6.45, 7) is 0. The summed E-state index contributed by atoms with van der Waals surface area (Å²) in [4.78, 5) is 22.6. The molecule has 0 bridgehead atoms. The molecule has 1 aromatic carbocycles. The largest absolute Gasteiger partial charge is 0.478 e. The number of rotatable bonds is 4. The number of benzene rings is 1. The van der Waals surface area contributed by atoms with Crippen LogP contribution >= 0.6 is 0 Å². The van der Waals surface area contributed by atoms with Crippen LogP contribution in [-0.4, -0.2) is 27.2 Å². The van der Waals surface area contributed by atoms with Crippen molar-refractivity contribution in [2.24, 2.45) is 0 Å². The summed E-state index contributed by atoms with van der Waals surface area (Å²) in [6, 6.07) is 4.70. The van der Waals surface area contributed by atoms with E-state index in [2.05, 4.69) is 15.5 Å².